The first-order valence-corrected chi connectivity index (χ1v) is 6.46. The molecule has 90 valence electrons. The van der Waals surface area contributed by atoms with Gasteiger partial charge in [-0.3, -0.25) is 0 Å². The standard InChI is InChI=1S/C11H13ClN4S/c1-6(2)8-4-10(16-13)15-11(14-8)9-3-7(12)5-17-9/h3-6H,13H2,1-2H3,(H,14,15,16). The molecule has 17 heavy (non-hydrogen) atoms. The highest BCUT2D eigenvalue weighted by Gasteiger charge is 2.10. The van der Waals surface area contributed by atoms with E-state index in [2.05, 4.69) is 29.2 Å². The van der Waals surface area contributed by atoms with Crippen LogP contribution in [0.15, 0.2) is 17.5 Å². The summed E-state index contributed by atoms with van der Waals surface area (Å²) in [5.41, 5.74) is 3.51. The summed E-state index contributed by atoms with van der Waals surface area (Å²) in [6.45, 7) is 4.15. The third-order valence-corrected chi connectivity index (χ3v) is 3.55. The quantitative estimate of drug-likeness (QED) is 0.662. The van der Waals surface area contributed by atoms with Crippen molar-refractivity contribution in [2.75, 3.05) is 5.43 Å². The molecule has 0 unspecified atom stereocenters. The lowest BCUT2D eigenvalue weighted by Crippen LogP contribution is -2.10. The van der Waals surface area contributed by atoms with E-state index in [0.29, 0.717) is 22.6 Å². The number of halogens is 1. The summed E-state index contributed by atoms with van der Waals surface area (Å²) < 4.78 is 0. The van der Waals surface area contributed by atoms with E-state index in [9.17, 15) is 0 Å². The molecular weight excluding hydrogens is 256 g/mol. The van der Waals surface area contributed by atoms with Crippen molar-refractivity contribution in [3.63, 3.8) is 0 Å². The monoisotopic (exact) mass is 268 g/mol. The maximum atomic E-state index is 5.90. The number of hydrazine groups is 1. The van der Waals surface area contributed by atoms with Crippen LogP contribution in [0.5, 0.6) is 0 Å². The molecule has 4 nitrogen and oxygen atoms in total. The van der Waals surface area contributed by atoms with E-state index in [-0.39, 0.29) is 0 Å². The molecule has 6 heteroatoms. The van der Waals surface area contributed by atoms with Gasteiger partial charge in [0.15, 0.2) is 5.82 Å². The first kappa shape index (κ1) is 12.3. The molecule has 0 bridgehead atoms. The van der Waals surface area contributed by atoms with Crippen LogP contribution < -0.4 is 11.3 Å². The van der Waals surface area contributed by atoms with Crippen molar-refractivity contribution in [2.24, 2.45) is 5.84 Å². The Hall–Kier alpha value is -1.17. The molecule has 0 radical (unpaired) electrons. The second-order valence-electron chi connectivity index (χ2n) is 3.93. The van der Waals surface area contributed by atoms with Gasteiger partial charge in [-0.25, -0.2) is 15.8 Å². The normalized spacial score (nSPS) is 10.9. The van der Waals surface area contributed by atoms with E-state index in [1.807, 2.05) is 17.5 Å². The van der Waals surface area contributed by atoms with E-state index >= 15 is 0 Å². The third-order valence-electron chi connectivity index (χ3n) is 2.27. The molecule has 0 saturated carbocycles. The summed E-state index contributed by atoms with van der Waals surface area (Å²) in [6.07, 6.45) is 0. The summed E-state index contributed by atoms with van der Waals surface area (Å²) in [6, 6.07) is 3.70. The first-order chi connectivity index (χ1) is 8.10. The number of hydrogen-bond donors (Lipinski definition) is 2. The SMILES string of the molecule is CC(C)c1cc(NN)nc(-c2cc(Cl)cs2)n1. The van der Waals surface area contributed by atoms with Gasteiger partial charge in [-0.1, -0.05) is 25.4 Å². The second-order valence-corrected chi connectivity index (χ2v) is 5.28. The Morgan fingerprint density at radius 2 is 2.12 bits per heavy atom. The maximum absolute atomic E-state index is 5.90. The Bertz CT molecular complexity index is 524. The van der Waals surface area contributed by atoms with Crippen molar-refractivity contribution >= 4 is 28.8 Å². The zero-order valence-corrected chi connectivity index (χ0v) is 11.1. The van der Waals surface area contributed by atoms with Crippen molar-refractivity contribution in [3.05, 3.63) is 28.2 Å². The summed E-state index contributed by atoms with van der Waals surface area (Å²) in [5.74, 6) is 6.99. The molecule has 0 aliphatic rings. The van der Waals surface area contributed by atoms with E-state index < -0.39 is 0 Å². The molecule has 0 aromatic carbocycles. The highest BCUT2D eigenvalue weighted by molar-refractivity contribution is 7.14. The maximum Gasteiger partial charge on any atom is 0.171 e. The molecule has 0 aliphatic heterocycles. The molecule has 0 fully saturated rings. The molecule has 2 aromatic rings. The van der Waals surface area contributed by atoms with Gasteiger partial charge in [-0.2, -0.15) is 0 Å². The van der Waals surface area contributed by atoms with E-state index in [0.717, 1.165) is 10.6 Å². The number of nitrogens with one attached hydrogen (secondary N) is 1. The highest BCUT2D eigenvalue weighted by Crippen LogP contribution is 2.29. The van der Waals surface area contributed by atoms with Gasteiger partial charge >= 0.3 is 0 Å². The number of anilines is 1. The van der Waals surface area contributed by atoms with Crippen molar-refractivity contribution in [1.29, 1.82) is 0 Å². The number of nitrogen functional groups attached to an aromatic ring is 1. The van der Waals surface area contributed by atoms with Crippen LogP contribution in [0.25, 0.3) is 10.7 Å². The van der Waals surface area contributed by atoms with Gasteiger partial charge < -0.3 is 5.43 Å². The molecule has 3 N–H and O–H groups in total. The number of nitrogens with zero attached hydrogens (tertiary/aromatic N) is 2. The molecule has 0 spiro atoms. The van der Waals surface area contributed by atoms with E-state index in [4.69, 9.17) is 17.4 Å². The van der Waals surface area contributed by atoms with Crippen LogP contribution in [0, 0.1) is 0 Å². The van der Waals surface area contributed by atoms with Crippen LogP contribution in [0.3, 0.4) is 0 Å². The predicted molar refractivity (Wildman–Crippen MR) is 72.3 cm³/mol. The van der Waals surface area contributed by atoms with Crippen molar-refractivity contribution < 1.29 is 0 Å². The second kappa shape index (κ2) is 5.00. The average molecular weight is 269 g/mol. The van der Waals surface area contributed by atoms with E-state index in [1.54, 1.807) is 0 Å². The summed E-state index contributed by atoms with van der Waals surface area (Å²) in [4.78, 5) is 9.77. The van der Waals surface area contributed by atoms with Crippen LogP contribution in [0.4, 0.5) is 5.82 Å². The van der Waals surface area contributed by atoms with Crippen LogP contribution in [0.1, 0.15) is 25.5 Å². The summed E-state index contributed by atoms with van der Waals surface area (Å²) >= 11 is 7.42. The Morgan fingerprint density at radius 3 is 2.65 bits per heavy atom. The topological polar surface area (TPSA) is 63.8 Å². The van der Waals surface area contributed by atoms with Gasteiger partial charge in [0.25, 0.3) is 0 Å². The Labute approximate surface area is 109 Å². The van der Waals surface area contributed by atoms with Crippen molar-refractivity contribution in [1.82, 2.24) is 9.97 Å². The van der Waals surface area contributed by atoms with Crippen LogP contribution >= 0.6 is 22.9 Å². The Kier molecular flexibility index (Phi) is 3.61. The smallest absolute Gasteiger partial charge is 0.171 e. The van der Waals surface area contributed by atoms with Crippen LogP contribution in [-0.4, -0.2) is 9.97 Å². The molecule has 2 heterocycles. The summed E-state index contributed by atoms with van der Waals surface area (Å²) in [7, 11) is 0. The number of aromatic nitrogens is 2. The lowest BCUT2D eigenvalue weighted by atomic mass is 10.1. The number of thiophene rings is 1. The minimum absolute atomic E-state index is 0.319. The minimum Gasteiger partial charge on any atom is -0.308 e. The zero-order chi connectivity index (χ0) is 12.4. The molecule has 2 rings (SSSR count). The molecule has 0 amide bonds. The molecule has 2 aromatic heterocycles. The lowest BCUT2D eigenvalue weighted by molar-refractivity contribution is 0.817. The lowest BCUT2D eigenvalue weighted by Gasteiger charge is -2.08. The zero-order valence-electron chi connectivity index (χ0n) is 9.57. The molecule has 0 aliphatic carbocycles. The highest BCUT2D eigenvalue weighted by atomic mass is 35.5. The molecular formula is C11H13ClN4S. The first-order valence-electron chi connectivity index (χ1n) is 5.20. The number of hydrogen-bond acceptors (Lipinski definition) is 5. The fraction of sp³-hybridized carbons (Fsp3) is 0.273. The van der Waals surface area contributed by atoms with Gasteiger partial charge in [0, 0.05) is 17.1 Å². The minimum atomic E-state index is 0.319. The average Bonchev–Trinajstić information content (AvgIpc) is 2.75. The van der Waals surface area contributed by atoms with E-state index in [1.165, 1.54) is 11.3 Å². The molecule has 0 saturated heterocycles. The largest absolute Gasteiger partial charge is 0.308 e. The van der Waals surface area contributed by atoms with Gasteiger partial charge in [0.1, 0.15) is 5.82 Å². The fourth-order valence-corrected chi connectivity index (χ4v) is 2.38. The Morgan fingerprint density at radius 1 is 1.35 bits per heavy atom. The Balaban J connectivity index is 2.49. The number of rotatable bonds is 3. The number of nitrogens with two attached hydrogens (primary N) is 1. The van der Waals surface area contributed by atoms with Gasteiger partial charge in [-0.05, 0) is 12.0 Å². The summed E-state index contributed by atoms with van der Waals surface area (Å²) in [5, 5.41) is 2.56. The van der Waals surface area contributed by atoms with Crippen LogP contribution in [0.2, 0.25) is 5.02 Å². The third kappa shape index (κ3) is 2.74. The predicted octanol–water partition coefficient (Wildman–Crippen LogP) is 3.27. The van der Waals surface area contributed by atoms with Gasteiger partial charge in [-0.15, -0.1) is 11.3 Å². The van der Waals surface area contributed by atoms with Crippen molar-refractivity contribution in [2.45, 2.75) is 19.8 Å². The van der Waals surface area contributed by atoms with Gasteiger partial charge in [0.05, 0.1) is 9.90 Å². The fourth-order valence-electron chi connectivity index (χ4n) is 1.38. The molecule has 0 atom stereocenters. The van der Waals surface area contributed by atoms with Crippen molar-refractivity contribution in [3.8, 4) is 10.7 Å². The van der Waals surface area contributed by atoms with Gasteiger partial charge in [0.2, 0.25) is 0 Å². The van der Waals surface area contributed by atoms with Crippen LogP contribution in [-0.2, 0) is 0 Å².